The van der Waals surface area contributed by atoms with Gasteiger partial charge in [-0.1, -0.05) is 5.16 Å². The standard InChI is InChI=1S/C15H21N3O2.ClH/c19-15(13-7-14(20-17-13)10-1-2-10)18-5-3-11-8-16-9-12(11)4-6-18;/h7,10-12,16H,1-6,8-9H2;1H/t11-,12+;. The van der Waals surface area contributed by atoms with E-state index in [9.17, 15) is 4.79 Å². The van der Waals surface area contributed by atoms with E-state index in [1.807, 2.05) is 11.0 Å². The zero-order valence-corrected chi connectivity index (χ0v) is 12.9. The van der Waals surface area contributed by atoms with Crippen molar-refractivity contribution in [2.75, 3.05) is 26.2 Å². The van der Waals surface area contributed by atoms with E-state index in [0.717, 1.165) is 56.6 Å². The fourth-order valence-corrected chi connectivity index (χ4v) is 3.53. The van der Waals surface area contributed by atoms with Crippen molar-refractivity contribution < 1.29 is 9.32 Å². The van der Waals surface area contributed by atoms with Crippen LogP contribution in [-0.4, -0.2) is 42.1 Å². The molecule has 6 heteroatoms. The van der Waals surface area contributed by atoms with E-state index in [1.54, 1.807) is 0 Å². The summed E-state index contributed by atoms with van der Waals surface area (Å²) in [7, 11) is 0. The number of likely N-dealkylation sites (tertiary alicyclic amines) is 1. The highest BCUT2D eigenvalue weighted by atomic mass is 35.5. The summed E-state index contributed by atoms with van der Waals surface area (Å²) in [6.07, 6.45) is 4.55. The van der Waals surface area contributed by atoms with Gasteiger partial charge in [0.05, 0.1) is 0 Å². The van der Waals surface area contributed by atoms with Gasteiger partial charge in [0, 0.05) is 25.1 Å². The molecule has 2 aliphatic heterocycles. The molecule has 116 valence electrons. The number of aromatic nitrogens is 1. The molecule has 1 aliphatic carbocycles. The molecule has 3 heterocycles. The third-order valence-electron chi connectivity index (χ3n) is 5.03. The predicted octanol–water partition coefficient (Wildman–Crippen LogP) is 2.05. The van der Waals surface area contributed by atoms with E-state index in [2.05, 4.69) is 10.5 Å². The maximum Gasteiger partial charge on any atom is 0.276 e. The van der Waals surface area contributed by atoms with Crippen LogP contribution in [0.4, 0.5) is 0 Å². The molecule has 1 aromatic rings. The minimum atomic E-state index is 0. The highest BCUT2D eigenvalue weighted by Crippen LogP contribution is 2.40. The maximum absolute atomic E-state index is 12.5. The Labute approximate surface area is 130 Å². The van der Waals surface area contributed by atoms with Crippen molar-refractivity contribution in [2.24, 2.45) is 11.8 Å². The van der Waals surface area contributed by atoms with Crippen molar-refractivity contribution in [2.45, 2.75) is 31.6 Å². The Kier molecular flexibility index (Phi) is 4.22. The lowest BCUT2D eigenvalue weighted by Gasteiger charge is -2.19. The average molecular weight is 312 g/mol. The van der Waals surface area contributed by atoms with E-state index in [1.165, 1.54) is 12.8 Å². The highest BCUT2D eigenvalue weighted by molar-refractivity contribution is 5.92. The van der Waals surface area contributed by atoms with Crippen LogP contribution >= 0.6 is 12.4 Å². The number of hydrogen-bond donors (Lipinski definition) is 1. The molecule has 4 rings (SSSR count). The lowest BCUT2D eigenvalue weighted by Crippen LogP contribution is -2.33. The van der Waals surface area contributed by atoms with Gasteiger partial charge in [0.2, 0.25) is 0 Å². The van der Waals surface area contributed by atoms with Gasteiger partial charge < -0.3 is 14.7 Å². The van der Waals surface area contributed by atoms with Crippen molar-refractivity contribution >= 4 is 18.3 Å². The number of rotatable bonds is 2. The van der Waals surface area contributed by atoms with Gasteiger partial charge >= 0.3 is 0 Å². The molecular weight excluding hydrogens is 290 g/mol. The van der Waals surface area contributed by atoms with Crippen molar-refractivity contribution in [1.29, 1.82) is 0 Å². The summed E-state index contributed by atoms with van der Waals surface area (Å²) in [6.45, 7) is 3.94. The molecule has 5 nitrogen and oxygen atoms in total. The van der Waals surface area contributed by atoms with Crippen LogP contribution in [0.3, 0.4) is 0 Å². The van der Waals surface area contributed by atoms with E-state index < -0.39 is 0 Å². The number of hydrogen-bond acceptors (Lipinski definition) is 4. The summed E-state index contributed by atoms with van der Waals surface area (Å²) in [4.78, 5) is 14.5. The lowest BCUT2D eigenvalue weighted by atomic mass is 9.92. The normalized spacial score (nSPS) is 28.7. The first kappa shape index (κ1) is 14.9. The second-order valence-electron chi connectivity index (χ2n) is 6.44. The Balaban J connectivity index is 0.00000132. The molecule has 1 saturated carbocycles. The third kappa shape index (κ3) is 2.94. The van der Waals surface area contributed by atoms with Crippen molar-refractivity contribution in [1.82, 2.24) is 15.4 Å². The van der Waals surface area contributed by atoms with Crippen LogP contribution in [-0.2, 0) is 0 Å². The van der Waals surface area contributed by atoms with Gasteiger partial charge in [-0.15, -0.1) is 12.4 Å². The molecule has 1 amide bonds. The highest BCUT2D eigenvalue weighted by Gasteiger charge is 2.33. The summed E-state index contributed by atoms with van der Waals surface area (Å²) >= 11 is 0. The first-order valence-corrected chi connectivity index (χ1v) is 7.78. The van der Waals surface area contributed by atoms with E-state index >= 15 is 0 Å². The molecule has 1 aromatic heterocycles. The van der Waals surface area contributed by atoms with Gasteiger partial charge in [-0.3, -0.25) is 4.79 Å². The Bertz CT molecular complexity index is 501. The number of nitrogens with zero attached hydrogens (tertiary/aromatic N) is 2. The fourth-order valence-electron chi connectivity index (χ4n) is 3.53. The number of carbonyl (C=O) groups is 1. The molecule has 1 N–H and O–H groups in total. The van der Waals surface area contributed by atoms with E-state index in [0.29, 0.717) is 11.6 Å². The summed E-state index contributed by atoms with van der Waals surface area (Å²) in [6, 6.07) is 1.85. The lowest BCUT2D eigenvalue weighted by molar-refractivity contribution is 0.0748. The summed E-state index contributed by atoms with van der Waals surface area (Å²) < 4.78 is 5.30. The van der Waals surface area contributed by atoms with Gasteiger partial charge in [-0.05, 0) is 50.6 Å². The number of halogens is 1. The van der Waals surface area contributed by atoms with Crippen LogP contribution in [0.25, 0.3) is 0 Å². The molecule has 2 atom stereocenters. The van der Waals surface area contributed by atoms with Gasteiger partial charge in [0.25, 0.3) is 5.91 Å². The number of amides is 1. The number of nitrogens with one attached hydrogen (secondary N) is 1. The van der Waals surface area contributed by atoms with E-state index in [-0.39, 0.29) is 18.3 Å². The zero-order chi connectivity index (χ0) is 13.5. The Morgan fingerprint density at radius 1 is 1.19 bits per heavy atom. The van der Waals surface area contributed by atoms with Gasteiger partial charge in [0.15, 0.2) is 5.69 Å². The molecule has 3 fully saturated rings. The summed E-state index contributed by atoms with van der Waals surface area (Å²) in [5.74, 6) is 2.94. The molecule has 21 heavy (non-hydrogen) atoms. The smallest absolute Gasteiger partial charge is 0.276 e. The second kappa shape index (κ2) is 5.97. The molecular formula is C15H22ClN3O2. The molecule has 0 aromatic carbocycles. The number of carbonyl (C=O) groups excluding carboxylic acids is 1. The van der Waals surface area contributed by atoms with Crippen LogP contribution in [0.2, 0.25) is 0 Å². The molecule has 0 bridgehead atoms. The van der Waals surface area contributed by atoms with Crippen LogP contribution in [0.15, 0.2) is 10.6 Å². The molecule has 0 spiro atoms. The van der Waals surface area contributed by atoms with Crippen LogP contribution in [0.5, 0.6) is 0 Å². The van der Waals surface area contributed by atoms with Crippen molar-refractivity contribution in [3.8, 4) is 0 Å². The van der Waals surface area contributed by atoms with Gasteiger partial charge in [0.1, 0.15) is 5.76 Å². The van der Waals surface area contributed by atoms with E-state index in [4.69, 9.17) is 4.52 Å². The fraction of sp³-hybridized carbons (Fsp3) is 0.733. The Morgan fingerprint density at radius 3 is 2.48 bits per heavy atom. The van der Waals surface area contributed by atoms with Crippen molar-refractivity contribution in [3.63, 3.8) is 0 Å². The first-order valence-electron chi connectivity index (χ1n) is 7.78. The largest absolute Gasteiger partial charge is 0.360 e. The summed E-state index contributed by atoms with van der Waals surface area (Å²) in [5, 5.41) is 7.44. The number of fused-ring (bicyclic) bond motifs is 1. The minimum Gasteiger partial charge on any atom is -0.360 e. The topological polar surface area (TPSA) is 58.4 Å². The van der Waals surface area contributed by atoms with Gasteiger partial charge in [-0.25, -0.2) is 0 Å². The molecule has 0 radical (unpaired) electrons. The van der Waals surface area contributed by atoms with Gasteiger partial charge in [-0.2, -0.15) is 0 Å². The monoisotopic (exact) mass is 311 g/mol. The first-order chi connectivity index (χ1) is 9.81. The SMILES string of the molecule is Cl.O=C(c1cc(C2CC2)on1)N1CC[C@@H]2CNC[C@@H]2CC1. The van der Waals surface area contributed by atoms with Crippen LogP contribution in [0, 0.1) is 11.8 Å². The maximum atomic E-state index is 12.5. The van der Waals surface area contributed by atoms with Crippen LogP contribution < -0.4 is 5.32 Å². The average Bonchev–Trinajstić information content (AvgIpc) is 3.09. The van der Waals surface area contributed by atoms with Crippen LogP contribution in [0.1, 0.15) is 47.8 Å². The second-order valence-corrected chi connectivity index (χ2v) is 6.44. The zero-order valence-electron chi connectivity index (χ0n) is 12.1. The predicted molar refractivity (Wildman–Crippen MR) is 80.7 cm³/mol. The summed E-state index contributed by atoms with van der Waals surface area (Å²) in [5.41, 5.74) is 0.497. The quantitative estimate of drug-likeness (QED) is 0.908. The molecule has 0 unspecified atom stereocenters. The Hall–Kier alpha value is -1.07. The minimum absolute atomic E-state index is 0. The third-order valence-corrected chi connectivity index (χ3v) is 5.03. The van der Waals surface area contributed by atoms with Crippen molar-refractivity contribution in [3.05, 3.63) is 17.5 Å². The molecule has 2 saturated heterocycles. The molecule has 3 aliphatic rings. The Morgan fingerprint density at radius 2 is 1.86 bits per heavy atom.